The van der Waals surface area contributed by atoms with Gasteiger partial charge in [-0.3, -0.25) is 4.90 Å². The Hall–Kier alpha value is -2.40. The van der Waals surface area contributed by atoms with E-state index < -0.39 is 5.60 Å². The van der Waals surface area contributed by atoms with Crippen molar-refractivity contribution in [2.75, 3.05) is 17.2 Å². The van der Waals surface area contributed by atoms with Gasteiger partial charge in [0.25, 0.3) is 0 Å². The van der Waals surface area contributed by atoms with E-state index in [0.717, 1.165) is 11.3 Å². The van der Waals surface area contributed by atoms with Crippen LogP contribution in [0, 0.1) is 0 Å². The highest BCUT2D eigenvalue weighted by Gasteiger charge is 2.30. The summed E-state index contributed by atoms with van der Waals surface area (Å²) >= 11 is 6.19. The molecule has 0 aliphatic carbocycles. The third kappa shape index (κ3) is 3.82. The lowest BCUT2D eigenvalue weighted by Crippen LogP contribution is -2.35. The van der Waals surface area contributed by atoms with Gasteiger partial charge in [-0.2, -0.15) is 0 Å². The lowest BCUT2D eigenvalue weighted by molar-refractivity contribution is 0.0584. The van der Waals surface area contributed by atoms with Gasteiger partial charge in [0, 0.05) is 17.8 Å². The Morgan fingerprint density at radius 3 is 2.64 bits per heavy atom. The zero-order valence-corrected chi connectivity index (χ0v) is 15.3. The maximum absolute atomic E-state index is 12.4. The molecular weight excluding hydrogens is 340 g/mol. The molecule has 0 saturated carbocycles. The Labute approximate surface area is 152 Å². The van der Waals surface area contributed by atoms with Crippen molar-refractivity contribution >= 4 is 29.1 Å². The molecule has 5 nitrogen and oxygen atoms in total. The van der Waals surface area contributed by atoms with Crippen LogP contribution in [-0.2, 0) is 11.2 Å². The fraction of sp³-hybridized carbons (Fsp3) is 0.316. The van der Waals surface area contributed by atoms with Crippen LogP contribution in [0.1, 0.15) is 26.3 Å². The van der Waals surface area contributed by atoms with E-state index in [1.165, 1.54) is 0 Å². The van der Waals surface area contributed by atoms with Crippen molar-refractivity contribution in [3.63, 3.8) is 0 Å². The molecule has 0 saturated heterocycles. The number of hydrogen-bond acceptors (Lipinski definition) is 4. The van der Waals surface area contributed by atoms with Crippen molar-refractivity contribution < 1.29 is 14.3 Å². The third-order valence-corrected chi connectivity index (χ3v) is 4.07. The molecule has 2 aromatic rings. The van der Waals surface area contributed by atoms with Crippen LogP contribution in [0.3, 0.4) is 0 Å². The molecule has 0 bridgehead atoms. The van der Waals surface area contributed by atoms with Crippen molar-refractivity contribution in [1.29, 1.82) is 0 Å². The van der Waals surface area contributed by atoms with Gasteiger partial charge in [-0.1, -0.05) is 17.7 Å². The fourth-order valence-electron chi connectivity index (χ4n) is 2.72. The van der Waals surface area contributed by atoms with Crippen molar-refractivity contribution in [3.05, 3.63) is 47.0 Å². The number of nitrogens with zero attached hydrogens (tertiary/aromatic N) is 1. The topological polar surface area (TPSA) is 64.8 Å². The summed E-state index contributed by atoms with van der Waals surface area (Å²) in [5.74, 6) is 1.20. The van der Waals surface area contributed by atoms with Crippen molar-refractivity contribution in [3.8, 4) is 11.5 Å². The number of benzene rings is 2. The van der Waals surface area contributed by atoms with Gasteiger partial charge in [0.2, 0.25) is 0 Å². The molecule has 0 radical (unpaired) electrons. The number of amides is 1. The summed E-state index contributed by atoms with van der Waals surface area (Å²) in [7, 11) is 0. The quantitative estimate of drug-likeness (QED) is 0.764. The van der Waals surface area contributed by atoms with E-state index in [9.17, 15) is 4.79 Å². The van der Waals surface area contributed by atoms with Crippen molar-refractivity contribution in [1.82, 2.24) is 0 Å². The van der Waals surface area contributed by atoms with Gasteiger partial charge in [-0.15, -0.1) is 0 Å². The number of carbonyl (C=O) groups excluding carboxylic acids is 1. The first-order chi connectivity index (χ1) is 11.7. The van der Waals surface area contributed by atoms with Crippen LogP contribution < -0.4 is 15.4 Å². The van der Waals surface area contributed by atoms with E-state index >= 15 is 0 Å². The van der Waals surface area contributed by atoms with Crippen molar-refractivity contribution in [2.45, 2.75) is 32.8 Å². The first kappa shape index (κ1) is 17.4. The molecule has 0 fully saturated rings. The van der Waals surface area contributed by atoms with E-state index in [4.69, 9.17) is 26.8 Å². The largest absolute Gasteiger partial charge is 0.455 e. The highest BCUT2D eigenvalue weighted by atomic mass is 35.5. The predicted octanol–water partition coefficient (Wildman–Crippen LogP) is 5.01. The van der Waals surface area contributed by atoms with Crippen LogP contribution in [0.5, 0.6) is 11.5 Å². The standard InChI is InChI=1S/C19H21ClN2O3/c1-19(2,3)25-18(23)22-10-9-13-15(22)5-4-6-16(13)24-17-8-7-12(21)11-14(17)20/h4-8,11H,9-10,21H2,1-3H3. The van der Waals surface area contributed by atoms with Crippen LogP contribution in [0.4, 0.5) is 16.2 Å². The average Bonchev–Trinajstić information content (AvgIpc) is 2.93. The molecule has 1 heterocycles. The van der Waals surface area contributed by atoms with E-state index in [2.05, 4.69) is 0 Å². The number of ether oxygens (including phenoxy) is 2. The van der Waals surface area contributed by atoms with Crippen LogP contribution in [0.25, 0.3) is 0 Å². The SMILES string of the molecule is CC(C)(C)OC(=O)N1CCc2c(Oc3ccc(N)cc3Cl)cccc21. The lowest BCUT2D eigenvalue weighted by atomic mass is 10.1. The predicted molar refractivity (Wildman–Crippen MR) is 99.7 cm³/mol. The summed E-state index contributed by atoms with van der Waals surface area (Å²) in [6.45, 7) is 6.11. The second-order valence-electron chi connectivity index (χ2n) is 6.93. The number of anilines is 2. The summed E-state index contributed by atoms with van der Waals surface area (Å²) in [5, 5.41) is 0.444. The van der Waals surface area contributed by atoms with Gasteiger partial charge < -0.3 is 15.2 Å². The molecule has 0 unspecified atom stereocenters. The number of nitrogen functional groups attached to an aromatic ring is 1. The minimum absolute atomic E-state index is 0.353. The molecule has 6 heteroatoms. The van der Waals surface area contributed by atoms with Gasteiger partial charge in [-0.25, -0.2) is 4.79 Å². The Morgan fingerprint density at radius 2 is 1.96 bits per heavy atom. The minimum Gasteiger partial charge on any atom is -0.455 e. The zero-order chi connectivity index (χ0) is 18.2. The second-order valence-corrected chi connectivity index (χ2v) is 7.33. The van der Waals surface area contributed by atoms with E-state index in [1.54, 1.807) is 23.1 Å². The Bertz CT molecular complexity index is 815. The normalized spacial score (nSPS) is 13.5. The summed E-state index contributed by atoms with van der Waals surface area (Å²) in [6.07, 6.45) is 0.339. The van der Waals surface area contributed by atoms with Gasteiger partial charge in [0.15, 0.2) is 0 Å². The molecular formula is C19H21ClN2O3. The molecule has 1 aliphatic heterocycles. The fourth-order valence-corrected chi connectivity index (χ4v) is 2.95. The van der Waals surface area contributed by atoms with E-state index in [-0.39, 0.29) is 6.09 Å². The van der Waals surface area contributed by atoms with E-state index in [1.807, 2.05) is 39.0 Å². The smallest absolute Gasteiger partial charge is 0.414 e. The summed E-state index contributed by atoms with van der Waals surface area (Å²) in [5.41, 5.74) is 7.52. The molecule has 0 atom stereocenters. The van der Waals surface area contributed by atoms with Crippen LogP contribution in [0.15, 0.2) is 36.4 Å². The maximum Gasteiger partial charge on any atom is 0.414 e. The maximum atomic E-state index is 12.4. The minimum atomic E-state index is -0.536. The van der Waals surface area contributed by atoms with Crippen LogP contribution in [0.2, 0.25) is 5.02 Å². The Kier molecular flexibility index (Phi) is 4.52. The molecule has 0 aromatic heterocycles. The summed E-state index contributed by atoms with van der Waals surface area (Å²) in [6, 6.07) is 10.7. The Morgan fingerprint density at radius 1 is 1.20 bits per heavy atom. The Balaban J connectivity index is 1.87. The van der Waals surface area contributed by atoms with Gasteiger partial charge in [0.1, 0.15) is 17.1 Å². The number of halogens is 1. The molecule has 25 heavy (non-hydrogen) atoms. The molecule has 3 rings (SSSR count). The van der Waals surface area contributed by atoms with Crippen molar-refractivity contribution in [2.24, 2.45) is 0 Å². The molecule has 1 aliphatic rings. The molecule has 132 valence electrons. The molecule has 1 amide bonds. The highest BCUT2D eigenvalue weighted by Crippen LogP contribution is 2.39. The third-order valence-electron chi connectivity index (χ3n) is 3.77. The van der Waals surface area contributed by atoms with E-state index in [0.29, 0.717) is 35.2 Å². The van der Waals surface area contributed by atoms with Gasteiger partial charge in [0.05, 0.1) is 10.7 Å². The first-order valence-corrected chi connectivity index (χ1v) is 8.48. The number of rotatable bonds is 2. The van der Waals surface area contributed by atoms with Gasteiger partial charge >= 0.3 is 6.09 Å². The number of fused-ring (bicyclic) bond motifs is 1. The highest BCUT2D eigenvalue weighted by molar-refractivity contribution is 6.32. The molecule has 2 aromatic carbocycles. The first-order valence-electron chi connectivity index (χ1n) is 8.10. The average molecular weight is 361 g/mol. The number of hydrogen-bond donors (Lipinski definition) is 1. The molecule has 2 N–H and O–H groups in total. The molecule has 0 spiro atoms. The number of nitrogens with two attached hydrogens (primary N) is 1. The van der Waals surface area contributed by atoms with Gasteiger partial charge in [-0.05, 0) is 57.5 Å². The van der Waals surface area contributed by atoms with Crippen LogP contribution in [-0.4, -0.2) is 18.2 Å². The second kappa shape index (κ2) is 6.48. The number of carbonyl (C=O) groups is 1. The zero-order valence-electron chi connectivity index (χ0n) is 14.5. The summed E-state index contributed by atoms with van der Waals surface area (Å²) < 4.78 is 11.4. The monoisotopic (exact) mass is 360 g/mol. The summed E-state index contributed by atoms with van der Waals surface area (Å²) in [4.78, 5) is 14.0. The van der Waals surface area contributed by atoms with Crippen LogP contribution >= 0.6 is 11.6 Å². The lowest BCUT2D eigenvalue weighted by Gasteiger charge is -2.24.